The Hall–Kier alpha value is -0.0800. The van der Waals surface area contributed by atoms with Gasteiger partial charge in [-0.05, 0) is 51.0 Å². The van der Waals surface area contributed by atoms with Gasteiger partial charge in [0, 0.05) is 18.6 Å². The van der Waals surface area contributed by atoms with E-state index >= 15 is 0 Å². The van der Waals surface area contributed by atoms with E-state index in [1.54, 1.807) is 0 Å². The first-order chi connectivity index (χ1) is 8.18. The maximum Gasteiger partial charge on any atom is 0.0153 e. The quantitative estimate of drug-likeness (QED) is 0.786. The lowest BCUT2D eigenvalue weighted by atomic mass is 9.76. The lowest BCUT2D eigenvalue weighted by Crippen LogP contribution is -2.52. The van der Waals surface area contributed by atoms with Crippen molar-refractivity contribution in [2.75, 3.05) is 19.6 Å². The third-order valence-corrected chi connectivity index (χ3v) is 5.16. The van der Waals surface area contributed by atoms with Crippen molar-refractivity contribution in [1.82, 2.24) is 10.6 Å². The summed E-state index contributed by atoms with van der Waals surface area (Å²) in [6, 6.07) is 0. The van der Waals surface area contributed by atoms with E-state index in [2.05, 4.69) is 24.5 Å². The van der Waals surface area contributed by atoms with Gasteiger partial charge in [-0.3, -0.25) is 0 Å². The SMILES string of the molecule is CCC1(CNC2(C)CCCCC2)CCCNC1. The van der Waals surface area contributed by atoms with E-state index in [0.29, 0.717) is 11.0 Å². The second-order valence-electron chi connectivity index (χ2n) is 6.61. The topological polar surface area (TPSA) is 24.1 Å². The molecule has 17 heavy (non-hydrogen) atoms. The highest BCUT2D eigenvalue weighted by molar-refractivity contribution is 4.92. The minimum Gasteiger partial charge on any atom is -0.316 e. The molecule has 0 amide bonds. The standard InChI is InChI=1S/C15H30N2/c1-3-15(10-7-11-16-12-15)13-17-14(2)8-5-4-6-9-14/h16-17H,3-13H2,1-2H3. The van der Waals surface area contributed by atoms with Gasteiger partial charge in [0.25, 0.3) is 0 Å². The molecular formula is C15H30N2. The van der Waals surface area contributed by atoms with Crippen LogP contribution in [0.1, 0.15) is 65.2 Å². The molecule has 1 atom stereocenters. The van der Waals surface area contributed by atoms with Gasteiger partial charge in [0.1, 0.15) is 0 Å². The molecule has 1 aliphatic heterocycles. The maximum atomic E-state index is 3.92. The second kappa shape index (κ2) is 5.71. The highest BCUT2D eigenvalue weighted by Gasteiger charge is 2.33. The number of hydrogen-bond acceptors (Lipinski definition) is 2. The Bertz CT molecular complexity index is 225. The second-order valence-corrected chi connectivity index (χ2v) is 6.61. The summed E-state index contributed by atoms with van der Waals surface area (Å²) < 4.78 is 0. The molecule has 0 bridgehead atoms. The van der Waals surface area contributed by atoms with Crippen LogP contribution in [0, 0.1) is 5.41 Å². The molecule has 0 spiro atoms. The van der Waals surface area contributed by atoms with Crippen molar-refractivity contribution in [3.05, 3.63) is 0 Å². The summed E-state index contributed by atoms with van der Waals surface area (Å²) in [5.74, 6) is 0. The van der Waals surface area contributed by atoms with Gasteiger partial charge >= 0.3 is 0 Å². The maximum absolute atomic E-state index is 3.92. The van der Waals surface area contributed by atoms with Crippen LogP contribution in [0.15, 0.2) is 0 Å². The molecule has 2 rings (SSSR count). The molecule has 1 unspecified atom stereocenters. The predicted octanol–water partition coefficient (Wildman–Crippen LogP) is 3.08. The summed E-state index contributed by atoms with van der Waals surface area (Å²) in [5.41, 5.74) is 0.955. The van der Waals surface area contributed by atoms with E-state index in [4.69, 9.17) is 0 Å². The van der Waals surface area contributed by atoms with E-state index in [1.165, 1.54) is 71.0 Å². The smallest absolute Gasteiger partial charge is 0.0153 e. The fourth-order valence-electron chi connectivity index (χ4n) is 3.52. The van der Waals surface area contributed by atoms with Crippen LogP contribution in [-0.4, -0.2) is 25.2 Å². The first-order valence-corrected chi connectivity index (χ1v) is 7.64. The zero-order valence-electron chi connectivity index (χ0n) is 11.8. The molecule has 1 heterocycles. The van der Waals surface area contributed by atoms with Crippen molar-refractivity contribution < 1.29 is 0 Å². The summed E-state index contributed by atoms with van der Waals surface area (Å²) in [6.45, 7) is 8.45. The Labute approximate surface area is 107 Å². The Kier molecular flexibility index (Phi) is 4.48. The van der Waals surface area contributed by atoms with E-state index in [-0.39, 0.29) is 0 Å². The van der Waals surface area contributed by atoms with Crippen LogP contribution in [-0.2, 0) is 0 Å². The molecular weight excluding hydrogens is 208 g/mol. The number of piperidine rings is 1. The molecule has 2 nitrogen and oxygen atoms in total. The average Bonchev–Trinajstić information content (AvgIpc) is 2.39. The predicted molar refractivity (Wildman–Crippen MR) is 74.3 cm³/mol. The van der Waals surface area contributed by atoms with E-state index in [9.17, 15) is 0 Å². The molecule has 2 fully saturated rings. The van der Waals surface area contributed by atoms with Crippen LogP contribution in [0.2, 0.25) is 0 Å². The molecule has 2 aliphatic rings. The van der Waals surface area contributed by atoms with Crippen molar-refractivity contribution in [3.8, 4) is 0 Å². The molecule has 0 radical (unpaired) electrons. The van der Waals surface area contributed by atoms with Gasteiger partial charge in [-0.15, -0.1) is 0 Å². The highest BCUT2D eigenvalue weighted by atomic mass is 15.0. The summed E-state index contributed by atoms with van der Waals surface area (Å²) in [5, 5.41) is 7.51. The third-order valence-electron chi connectivity index (χ3n) is 5.16. The number of hydrogen-bond donors (Lipinski definition) is 2. The molecule has 0 aromatic carbocycles. The van der Waals surface area contributed by atoms with Gasteiger partial charge in [0.15, 0.2) is 0 Å². The Morgan fingerprint density at radius 1 is 1.06 bits per heavy atom. The molecule has 100 valence electrons. The molecule has 0 aromatic rings. The Morgan fingerprint density at radius 2 is 1.82 bits per heavy atom. The zero-order chi connectivity index (χ0) is 12.2. The van der Waals surface area contributed by atoms with Gasteiger partial charge in [0.2, 0.25) is 0 Å². The van der Waals surface area contributed by atoms with Crippen LogP contribution in [0.3, 0.4) is 0 Å². The summed E-state index contributed by atoms with van der Waals surface area (Å²) in [7, 11) is 0. The molecule has 0 aromatic heterocycles. The van der Waals surface area contributed by atoms with Gasteiger partial charge < -0.3 is 10.6 Å². The first-order valence-electron chi connectivity index (χ1n) is 7.64. The lowest BCUT2D eigenvalue weighted by Gasteiger charge is -2.42. The lowest BCUT2D eigenvalue weighted by molar-refractivity contribution is 0.152. The summed E-state index contributed by atoms with van der Waals surface area (Å²) in [4.78, 5) is 0. The Morgan fingerprint density at radius 3 is 2.41 bits per heavy atom. The van der Waals surface area contributed by atoms with Crippen LogP contribution >= 0.6 is 0 Å². The summed E-state index contributed by atoms with van der Waals surface area (Å²) in [6.07, 6.45) is 11.1. The zero-order valence-corrected chi connectivity index (χ0v) is 11.8. The fourth-order valence-corrected chi connectivity index (χ4v) is 3.52. The van der Waals surface area contributed by atoms with Crippen molar-refractivity contribution in [1.29, 1.82) is 0 Å². The van der Waals surface area contributed by atoms with Crippen molar-refractivity contribution in [2.24, 2.45) is 5.41 Å². The van der Waals surface area contributed by atoms with E-state index in [0.717, 1.165) is 0 Å². The third kappa shape index (κ3) is 3.45. The van der Waals surface area contributed by atoms with Crippen LogP contribution in [0.4, 0.5) is 0 Å². The normalized spacial score (nSPS) is 33.5. The fraction of sp³-hybridized carbons (Fsp3) is 1.00. The first kappa shape index (κ1) is 13.4. The number of nitrogens with one attached hydrogen (secondary N) is 2. The van der Waals surface area contributed by atoms with Crippen molar-refractivity contribution in [2.45, 2.75) is 70.8 Å². The average molecular weight is 238 g/mol. The van der Waals surface area contributed by atoms with Crippen LogP contribution < -0.4 is 10.6 Å². The van der Waals surface area contributed by atoms with Gasteiger partial charge in [-0.1, -0.05) is 26.2 Å². The minimum atomic E-state index is 0.428. The van der Waals surface area contributed by atoms with Crippen LogP contribution in [0.25, 0.3) is 0 Å². The van der Waals surface area contributed by atoms with Crippen molar-refractivity contribution >= 4 is 0 Å². The highest BCUT2D eigenvalue weighted by Crippen LogP contribution is 2.32. The van der Waals surface area contributed by atoms with E-state index in [1.807, 2.05) is 0 Å². The van der Waals surface area contributed by atoms with Gasteiger partial charge in [0.05, 0.1) is 0 Å². The van der Waals surface area contributed by atoms with Gasteiger partial charge in [-0.25, -0.2) is 0 Å². The Balaban J connectivity index is 1.86. The molecule has 2 N–H and O–H groups in total. The number of rotatable bonds is 4. The molecule has 1 aliphatic carbocycles. The molecule has 1 saturated carbocycles. The minimum absolute atomic E-state index is 0.428. The summed E-state index contributed by atoms with van der Waals surface area (Å²) >= 11 is 0. The molecule has 2 heteroatoms. The van der Waals surface area contributed by atoms with Gasteiger partial charge in [-0.2, -0.15) is 0 Å². The monoisotopic (exact) mass is 238 g/mol. The molecule has 1 saturated heterocycles. The van der Waals surface area contributed by atoms with Crippen molar-refractivity contribution in [3.63, 3.8) is 0 Å². The van der Waals surface area contributed by atoms with Crippen LogP contribution in [0.5, 0.6) is 0 Å². The largest absolute Gasteiger partial charge is 0.316 e. The van der Waals surface area contributed by atoms with E-state index < -0.39 is 0 Å².